The molecule has 0 bridgehead atoms. The molecule has 2 heteroatoms. The van der Waals surface area contributed by atoms with Gasteiger partial charge in [0, 0.05) is 11.3 Å². The van der Waals surface area contributed by atoms with E-state index in [2.05, 4.69) is 6.58 Å². The molecule has 0 aliphatic heterocycles. The lowest BCUT2D eigenvalue weighted by Gasteiger charge is -2.07. The van der Waals surface area contributed by atoms with Gasteiger partial charge in [-0.05, 0) is 24.1 Å². The lowest BCUT2D eigenvalue weighted by Crippen LogP contribution is -1.97. The van der Waals surface area contributed by atoms with Crippen molar-refractivity contribution >= 4 is 11.8 Å². The van der Waals surface area contributed by atoms with Gasteiger partial charge in [0.05, 0.1) is 0 Å². The number of anilines is 1. The predicted octanol–water partition coefficient (Wildman–Crippen LogP) is 2.61. The van der Waals surface area contributed by atoms with Gasteiger partial charge < -0.3 is 5.73 Å². The maximum Gasteiger partial charge on any atom is 0.127 e. The number of nitrogens with two attached hydrogens (primary N) is 1. The average molecular weight is 165 g/mol. The molecule has 0 saturated carbocycles. The molecule has 12 heavy (non-hydrogen) atoms. The van der Waals surface area contributed by atoms with Gasteiger partial charge in [-0.1, -0.05) is 19.6 Å². The van der Waals surface area contributed by atoms with Crippen molar-refractivity contribution in [2.45, 2.75) is 13.3 Å². The fourth-order valence-electron chi connectivity index (χ4n) is 1.26. The maximum atomic E-state index is 13.1. The molecular formula is C10H12FN. The van der Waals surface area contributed by atoms with Gasteiger partial charge in [0.1, 0.15) is 5.82 Å². The van der Waals surface area contributed by atoms with E-state index < -0.39 is 0 Å². The Balaban J connectivity index is 3.38. The van der Waals surface area contributed by atoms with Crippen LogP contribution in [0.2, 0.25) is 0 Å². The zero-order valence-electron chi connectivity index (χ0n) is 7.10. The molecule has 1 aromatic carbocycles. The third-order valence-corrected chi connectivity index (χ3v) is 1.89. The van der Waals surface area contributed by atoms with E-state index in [4.69, 9.17) is 5.73 Å². The molecule has 1 aromatic rings. The number of halogens is 1. The van der Waals surface area contributed by atoms with E-state index in [0.29, 0.717) is 17.7 Å². The molecule has 2 N–H and O–H groups in total. The Morgan fingerprint density at radius 1 is 1.58 bits per heavy atom. The number of benzene rings is 1. The average Bonchev–Trinajstić information content (AvgIpc) is 2.08. The first-order valence-electron chi connectivity index (χ1n) is 3.90. The van der Waals surface area contributed by atoms with E-state index in [1.54, 1.807) is 12.1 Å². The maximum absolute atomic E-state index is 13.1. The van der Waals surface area contributed by atoms with Gasteiger partial charge in [-0.2, -0.15) is 0 Å². The summed E-state index contributed by atoms with van der Waals surface area (Å²) in [6.45, 7) is 5.49. The minimum absolute atomic E-state index is 0.207. The standard InChI is InChI=1S/C10H12FN/c1-3-7-8(4-2)10(12)6-5-9(7)11/h4-6H,2-3,12H2,1H3. The molecule has 0 saturated heterocycles. The molecule has 0 heterocycles. The Hall–Kier alpha value is -1.31. The summed E-state index contributed by atoms with van der Waals surface area (Å²) < 4.78 is 13.1. The molecule has 0 aliphatic rings. The van der Waals surface area contributed by atoms with Crippen LogP contribution in [0.1, 0.15) is 18.1 Å². The summed E-state index contributed by atoms with van der Waals surface area (Å²) in [5.41, 5.74) is 7.59. The first-order valence-corrected chi connectivity index (χ1v) is 3.90. The molecule has 0 fully saturated rings. The van der Waals surface area contributed by atoms with E-state index in [1.165, 1.54) is 6.07 Å². The Morgan fingerprint density at radius 2 is 2.25 bits per heavy atom. The van der Waals surface area contributed by atoms with Crippen molar-refractivity contribution in [3.8, 4) is 0 Å². The molecule has 1 nitrogen and oxygen atoms in total. The Morgan fingerprint density at radius 3 is 2.67 bits per heavy atom. The third-order valence-electron chi connectivity index (χ3n) is 1.89. The SMILES string of the molecule is C=Cc1c(N)ccc(F)c1CC. The summed E-state index contributed by atoms with van der Waals surface area (Å²) in [6, 6.07) is 2.95. The fraction of sp³-hybridized carbons (Fsp3) is 0.200. The van der Waals surface area contributed by atoms with Gasteiger partial charge in [-0.25, -0.2) is 4.39 Å². The van der Waals surface area contributed by atoms with Gasteiger partial charge in [0.25, 0.3) is 0 Å². The number of hydrogen-bond donors (Lipinski definition) is 1. The van der Waals surface area contributed by atoms with Crippen LogP contribution in [0, 0.1) is 5.82 Å². The van der Waals surface area contributed by atoms with Gasteiger partial charge in [0.2, 0.25) is 0 Å². The van der Waals surface area contributed by atoms with Crippen molar-refractivity contribution in [1.29, 1.82) is 0 Å². The van der Waals surface area contributed by atoms with Crippen molar-refractivity contribution in [3.05, 3.63) is 35.7 Å². The van der Waals surface area contributed by atoms with Crippen LogP contribution in [0.25, 0.3) is 6.08 Å². The smallest absolute Gasteiger partial charge is 0.127 e. The van der Waals surface area contributed by atoms with Crippen molar-refractivity contribution < 1.29 is 4.39 Å². The second kappa shape index (κ2) is 3.39. The highest BCUT2D eigenvalue weighted by molar-refractivity contribution is 5.66. The molecule has 0 unspecified atom stereocenters. The van der Waals surface area contributed by atoms with E-state index in [9.17, 15) is 4.39 Å². The zero-order chi connectivity index (χ0) is 9.14. The number of nitrogen functional groups attached to an aromatic ring is 1. The summed E-state index contributed by atoms with van der Waals surface area (Å²) in [5.74, 6) is -0.207. The first kappa shape index (κ1) is 8.78. The van der Waals surface area contributed by atoms with Crippen molar-refractivity contribution in [3.63, 3.8) is 0 Å². The Bertz CT molecular complexity index is 305. The van der Waals surface area contributed by atoms with Gasteiger partial charge in [-0.15, -0.1) is 0 Å². The molecule has 0 atom stereocenters. The summed E-state index contributed by atoms with van der Waals surface area (Å²) in [4.78, 5) is 0. The number of hydrogen-bond acceptors (Lipinski definition) is 1. The molecule has 0 spiro atoms. The van der Waals surface area contributed by atoms with Crippen LogP contribution in [0.5, 0.6) is 0 Å². The molecule has 1 rings (SSSR count). The fourth-order valence-corrected chi connectivity index (χ4v) is 1.26. The lowest BCUT2D eigenvalue weighted by atomic mass is 10.0. The van der Waals surface area contributed by atoms with Crippen molar-refractivity contribution in [1.82, 2.24) is 0 Å². The highest BCUT2D eigenvalue weighted by Gasteiger charge is 2.06. The minimum Gasteiger partial charge on any atom is -0.398 e. The molecule has 0 aliphatic carbocycles. The number of rotatable bonds is 2. The van der Waals surface area contributed by atoms with Crippen LogP contribution in [0.15, 0.2) is 18.7 Å². The summed E-state index contributed by atoms with van der Waals surface area (Å²) >= 11 is 0. The van der Waals surface area contributed by atoms with Crippen LogP contribution >= 0.6 is 0 Å². The molecule has 64 valence electrons. The molecule has 0 radical (unpaired) electrons. The van der Waals surface area contributed by atoms with E-state index >= 15 is 0 Å². The highest BCUT2D eigenvalue weighted by Crippen LogP contribution is 2.21. The van der Waals surface area contributed by atoms with E-state index in [0.717, 1.165) is 5.56 Å². The van der Waals surface area contributed by atoms with E-state index in [1.807, 2.05) is 6.92 Å². The lowest BCUT2D eigenvalue weighted by molar-refractivity contribution is 0.612. The van der Waals surface area contributed by atoms with E-state index in [-0.39, 0.29) is 5.82 Å². The quantitative estimate of drug-likeness (QED) is 0.670. The van der Waals surface area contributed by atoms with Gasteiger partial charge >= 0.3 is 0 Å². The van der Waals surface area contributed by atoms with Crippen LogP contribution in [-0.4, -0.2) is 0 Å². The second-order valence-electron chi connectivity index (χ2n) is 2.59. The minimum atomic E-state index is -0.207. The van der Waals surface area contributed by atoms with Crippen LogP contribution < -0.4 is 5.73 Å². The van der Waals surface area contributed by atoms with Crippen molar-refractivity contribution in [2.75, 3.05) is 5.73 Å². The monoisotopic (exact) mass is 165 g/mol. The zero-order valence-corrected chi connectivity index (χ0v) is 7.10. The summed E-state index contributed by atoms with van der Waals surface area (Å²) in [7, 11) is 0. The molecular weight excluding hydrogens is 153 g/mol. The Labute approximate surface area is 71.7 Å². The Kier molecular flexibility index (Phi) is 2.48. The van der Waals surface area contributed by atoms with Crippen LogP contribution in [-0.2, 0) is 6.42 Å². The largest absolute Gasteiger partial charge is 0.398 e. The van der Waals surface area contributed by atoms with Crippen LogP contribution in [0.3, 0.4) is 0 Å². The third kappa shape index (κ3) is 1.33. The molecule has 0 amide bonds. The predicted molar refractivity (Wildman–Crippen MR) is 50.3 cm³/mol. The summed E-state index contributed by atoms with van der Waals surface area (Å²) in [6.07, 6.45) is 2.23. The summed E-state index contributed by atoms with van der Waals surface area (Å²) in [5, 5.41) is 0. The normalized spacial score (nSPS) is 9.83. The second-order valence-corrected chi connectivity index (χ2v) is 2.59. The van der Waals surface area contributed by atoms with Crippen molar-refractivity contribution in [2.24, 2.45) is 0 Å². The van der Waals surface area contributed by atoms with Crippen LogP contribution in [0.4, 0.5) is 10.1 Å². The molecule has 0 aromatic heterocycles. The van der Waals surface area contributed by atoms with Gasteiger partial charge in [0.15, 0.2) is 0 Å². The van der Waals surface area contributed by atoms with Gasteiger partial charge in [-0.3, -0.25) is 0 Å². The highest BCUT2D eigenvalue weighted by atomic mass is 19.1. The first-order chi connectivity index (χ1) is 5.70. The topological polar surface area (TPSA) is 26.0 Å².